The Morgan fingerprint density at radius 3 is 2.72 bits per heavy atom. The monoisotopic (exact) mass is 441 g/mol. The molecule has 0 saturated heterocycles. The summed E-state index contributed by atoms with van der Waals surface area (Å²) in [4.78, 5) is 22.1. The summed E-state index contributed by atoms with van der Waals surface area (Å²) in [6.45, 7) is 0. The highest BCUT2D eigenvalue weighted by Gasteiger charge is 2.15. The van der Waals surface area contributed by atoms with Gasteiger partial charge in [0.05, 0.1) is 29.0 Å². The number of thiophene rings is 1. The van der Waals surface area contributed by atoms with E-state index >= 15 is 0 Å². The third-order valence-corrected chi connectivity index (χ3v) is 6.43. The van der Waals surface area contributed by atoms with Crippen LogP contribution >= 0.6 is 34.7 Å². The van der Waals surface area contributed by atoms with Crippen LogP contribution in [0.1, 0.15) is 0 Å². The van der Waals surface area contributed by atoms with Gasteiger partial charge in [-0.05, 0) is 29.8 Å². The number of hydrogen-bond acceptors (Lipinski definition) is 6. The van der Waals surface area contributed by atoms with E-state index in [1.165, 1.54) is 18.1 Å². The zero-order valence-electron chi connectivity index (χ0n) is 15.4. The summed E-state index contributed by atoms with van der Waals surface area (Å²) in [5, 5.41) is 7.14. The van der Waals surface area contributed by atoms with E-state index in [2.05, 4.69) is 20.7 Å². The number of nitrogens with zero attached hydrogens (tertiary/aromatic N) is 2. The van der Waals surface area contributed by atoms with E-state index in [-0.39, 0.29) is 11.7 Å². The normalized spacial score (nSPS) is 10.8. The van der Waals surface area contributed by atoms with Crippen molar-refractivity contribution in [2.45, 2.75) is 5.03 Å². The van der Waals surface area contributed by atoms with Crippen LogP contribution in [0.4, 0.5) is 5.69 Å². The lowest BCUT2D eigenvalue weighted by Crippen LogP contribution is -2.14. The molecule has 146 valence electrons. The lowest BCUT2D eigenvalue weighted by molar-refractivity contribution is -0.113. The number of halogens is 1. The fourth-order valence-electron chi connectivity index (χ4n) is 2.82. The van der Waals surface area contributed by atoms with E-state index in [9.17, 15) is 4.79 Å². The van der Waals surface area contributed by atoms with Crippen molar-refractivity contribution in [2.24, 2.45) is 0 Å². The van der Waals surface area contributed by atoms with Gasteiger partial charge in [-0.2, -0.15) is 0 Å². The number of ether oxygens (including phenoxy) is 1. The topological polar surface area (TPSA) is 64.1 Å². The predicted molar refractivity (Wildman–Crippen MR) is 120 cm³/mol. The molecule has 0 unspecified atom stereocenters. The number of carbonyl (C=O) groups is 1. The molecule has 4 aromatic rings. The molecule has 2 aromatic heterocycles. The van der Waals surface area contributed by atoms with Crippen molar-refractivity contribution in [1.29, 1.82) is 0 Å². The molecule has 0 aliphatic carbocycles. The minimum Gasteiger partial charge on any atom is -0.497 e. The Kier molecular flexibility index (Phi) is 5.99. The minimum atomic E-state index is -0.143. The summed E-state index contributed by atoms with van der Waals surface area (Å²) in [5.74, 6) is 0.876. The molecule has 0 saturated carbocycles. The molecule has 0 fully saturated rings. The first-order valence-electron chi connectivity index (χ1n) is 8.69. The second kappa shape index (κ2) is 8.82. The number of para-hydroxylation sites is 1. The van der Waals surface area contributed by atoms with Crippen LogP contribution in [-0.4, -0.2) is 28.7 Å². The molecule has 0 bridgehead atoms. The Bertz CT molecular complexity index is 1160. The number of rotatable bonds is 6. The lowest BCUT2D eigenvalue weighted by atomic mass is 10.1. The van der Waals surface area contributed by atoms with E-state index in [1.807, 2.05) is 36.4 Å². The number of carbonyl (C=O) groups excluding carboxylic acids is 1. The standard InChI is InChI=1S/C21H16ClN3O2S2/c1-27-14-8-6-13(7-9-14)15-10-28-20-19(15)21(24-12-23-20)29-11-18(26)25-17-5-3-2-4-16(17)22/h2-10,12H,11H2,1H3,(H,25,26). The molecule has 1 amide bonds. The van der Waals surface area contributed by atoms with Gasteiger partial charge in [-0.3, -0.25) is 4.79 Å². The molecule has 0 atom stereocenters. The molecule has 2 heterocycles. The molecule has 0 aliphatic heterocycles. The van der Waals surface area contributed by atoms with Crippen LogP contribution in [0.3, 0.4) is 0 Å². The van der Waals surface area contributed by atoms with E-state index in [1.54, 1.807) is 30.6 Å². The van der Waals surface area contributed by atoms with Gasteiger partial charge < -0.3 is 10.1 Å². The lowest BCUT2D eigenvalue weighted by Gasteiger charge is -2.08. The Labute approximate surface area is 181 Å². The number of nitrogens with one attached hydrogen (secondary N) is 1. The van der Waals surface area contributed by atoms with Gasteiger partial charge in [0.25, 0.3) is 0 Å². The van der Waals surface area contributed by atoms with Crippen molar-refractivity contribution in [3.8, 4) is 16.9 Å². The van der Waals surface area contributed by atoms with Gasteiger partial charge in [-0.15, -0.1) is 11.3 Å². The van der Waals surface area contributed by atoms with Crippen molar-refractivity contribution in [1.82, 2.24) is 9.97 Å². The summed E-state index contributed by atoms with van der Waals surface area (Å²) in [5.41, 5.74) is 2.69. The van der Waals surface area contributed by atoms with Crippen molar-refractivity contribution < 1.29 is 9.53 Å². The van der Waals surface area contributed by atoms with E-state index in [0.717, 1.165) is 32.1 Å². The van der Waals surface area contributed by atoms with Gasteiger partial charge in [0.2, 0.25) is 5.91 Å². The number of hydrogen-bond donors (Lipinski definition) is 1. The van der Waals surface area contributed by atoms with Gasteiger partial charge >= 0.3 is 0 Å². The smallest absolute Gasteiger partial charge is 0.234 e. The molecule has 0 radical (unpaired) electrons. The summed E-state index contributed by atoms with van der Waals surface area (Å²) < 4.78 is 5.24. The Morgan fingerprint density at radius 1 is 1.17 bits per heavy atom. The maximum absolute atomic E-state index is 12.4. The first-order chi connectivity index (χ1) is 14.2. The average molecular weight is 442 g/mol. The third kappa shape index (κ3) is 4.37. The van der Waals surface area contributed by atoms with Gasteiger partial charge in [0.15, 0.2) is 0 Å². The maximum atomic E-state index is 12.4. The molecule has 29 heavy (non-hydrogen) atoms. The molecule has 8 heteroatoms. The summed E-state index contributed by atoms with van der Waals surface area (Å²) >= 11 is 9.05. The summed E-state index contributed by atoms with van der Waals surface area (Å²) in [6, 6.07) is 15.0. The van der Waals surface area contributed by atoms with Gasteiger partial charge in [0.1, 0.15) is 21.9 Å². The zero-order chi connectivity index (χ0) is 20.2. The zero-order valence-corrected chi connectivity index (χ0v) is 17.8. The molecular formula is C21H16ClN3O2S2. The van der Waals surface area contributed by atoms with Gasteiger partial charge in [-0.25, -0.2) is 9.97 Å². The molecule has 0 spiro atoms. The number of aromatic nitrogens is 2. The molecular weight excluding hydrogens is 426 g/mol. The van der Waals surface area contributed by atoms with Crippen molar-refractivity contribution in [3.05, 3.63) is 65.3 Å². The van der Waals surface area contributed by atoms with Crippen LogP contribution in [0.15, 0.2) is 65.3 Å². The van der Waals surface area contributed by atoms with Gasteiger partial charge in [0, 0.05) is 10.9 Å². The quantitative estimate of drug-likeness (QED) is 0.305. The number of thioether (sulfide) groups is 1. The number of methoxy groups -OCH3 is 1. The van der Waals surface area contributed by atoms with E-state index < -0.39 is 0 Å². The van der Waals surface area contributed by atoms with Crippen molar-refractivity contribution in [2.75, 3.05) is 18.2 Å². The van der Waals surface area contributed by atoms with E-state index in [0.29, 0.717) is 10.7 Å². The van der Waals surface area contributed by atoms with Crippen LogP contribution in [0, 0.1) is 0 Å². The first-order valence-corrected chi connectivity index (χ1v) is 10.9. The van der Waals surface area contributed by atoms with E-state index in [4.69, 9.17) is 16.3 Å². The number of fused-ring (bicyclic) bond motifs is 1. The summed E-state index contributed by atoms with van der Waals surface area (Å²) in [6.07, 6.45) is 1.53. The molecule has 0 aliphatic rings. The summed E-state index contributed by atoms with van der Waals surface area (Å²) in [7, 11) is 1.64. The van der Waals surface area contributed by atoms with Crippen LogP contribution in [0.5, 0.6) is 5.75 Å². The van der Waals surface area contributed by atoms with Crippen LogP contribution < -0.4 is 10.1 Å². The predicted octanol–water partition coefficient (Wildman–Crippen LogP) is 5.75. The first kappa shape index (κ1) is 19.7. The molecule has 1 N–H and O–H groups in total. The SMILES string of the molecule is COc1ccc(-c2csc3ncnc(SCC(=O)Nc4ccccc4Cl)c23)cc1. The number of benzene rings is 2. The highest BCUT2D eigenvalue weighted by molar-refractivity contribution is 8.00. The number of anilines is 1. The Hall–Kier alpha value is -2.61. The maximum Gasteiger partial charge on any atom is 0.234 e. The van der Waals surface area contributed by atoms with Crippen LogP contribution in [0.2, 0.25) is 5.02 Å². The molecule has 5 nitrogen and oxygen atoms in total. The second-order valence-corrected chi connectivity index (χ2v) is 8.28. The minimum absolute atomic E-state index is 0.143. The van der Waals surface area contributed by atoms with Crippen molar-refractivity contribution >= 4 is 56.5 Å². The number of amides is 1. The second-order valence-electron chi connectivity index (χ2n) is 6.05. The molecule has 4 rings (SSSR count). The highest BCUT2D eigenvalue weighted by Crippen LogP contribution is 2.38. The largest absolute Gasteiger partial charge is 0.497 e. The van der Waals surface area contributed by atoms with Crippen LogP contribution in [0.25, 0.3) is 21.3 Å². The average Bonchev–Trinajstić information content (AvgIpc) is 3.19. The highest BCUT2D eigenvalue weighted by atomic mass is 35.5. The van der Waals surface area contributed by atoms with Crippen molar-refractivity contribution in [3.63, 3.8) is 0 Å². The molecule has 2 aromatic carbocycles. The Morgan fingerprint density at radius 2 is 1.97 bits per heavy atom. The van der Waals surface area contributed by atoms with Crippen LogP contribution in [-0.2, 0) is 4.79 Å². The van der Waals surface area contributed by atoms with Gasteiger partial charge in [-0.1, -0.05) is 47.6 Å². The fourth-order valence-corrected chi connectivity index (χ4v) is 4.80. The Balaban J connectivity index is 1.56. The third-order valence-electron chi connectivity index (χ3n) is 4.22. The fraction of sp³-hybridized carbons (Fsp3) is 0.0952.